The Kier molecular flexibility index (Phi) is 2.17. The summed E-state index contributed by atoms with van der Waals surface area (Å²) in [6.07, 6.45) is 3.64. The number of aromatic amines is 1. The van der Waals surface area contributed by atoms with Crippen molar-refractivity contribution >= 4 is 0 Å². The second-order valence-corrected chi connectivity index (χ2v) is 4.04. The van der Waals surface area contributed by atoms with Gasteiger partial charge in [0.2, 0.25) is 0 Å². The van der Waals surface area contributed by atoms with Gasteiger partial charge >= 0.3 is 0 Å². The molecular formula is C9H13N7. The molecule has 84 valence electrons. The van der Waals surface area contributed by atoms with Crippen LogP contribution in [0.5, 0.6) is 0 Å². The highest BCUT2D eigenvalue weighted by Gasteiger charge is 2.23. The summed E-state index contributed by atoms with van der Waals surface area (Å²) >= 11 is 0. The highest BCUT2D eigenvalue weighted by Crippen LogP contribution is 2.23. The number of nitrogens with zero attached hydrogens (tertiary/aromatic N) is 5. The van der Waals surface area contributed by atoms with Crippen molar-refractivity contribution in [3.63, 3.8) is 0 Å². The molecule has 0 spiro atoms. The zero-order valence-electron chi connectivity index (χ0n) is 8.80. The van der Waals surface area contributed by atoms with Gasteiger partial charge in [-0.3, -0.25) is 0 Å². The van der Waals surface area contributed by atoms with Crippen LogP contribution >= 0.6 is 0 Å². The Hall–Kier alpha value is -1.76. The van der Waals surface area contributed by atoms with Crippen molar-refractivity contribution in [1.29, 1.82) is 0 Å². The first-order valence-electron chi connectivity index (χ1n) is 5.36. The quantitative estimate of drug-likeness (QED) is 0.715. The van der Waals surface area contributed by atoms with Crippen LogP contribution in [0.15, 0.2) is 6.20 Å². The number of hydrogen-bond acceptors (Lipinski definition) is 5. The Morgan fingerprint density at radius 1 is 1.50 bits per heavy atom. The van der Waals surface area contributed by atoms with Gasteiger partial charge in [-0.05, 0) is 18.9 Å². The maximum Gasteiger partial charge on any atom is 0.186 e. The van der Waals surface area contributed by atoms with E-state index in [1.807, 2.05) is 0 Å². The lowest BCUT2D eigenvalue weighted by atomic mass is 9.98. The number of nitrogens with two attached hydrogens (primary N) is 1. The molecule has 1 atom stereocenters. The molecule has 1 aliphatic rings. The number of rotatable bonds is 2. The van der Waals surface area contributed by atoms with Gasteiger partial charge in [0, 0.05) is 13.0 Å². The van der Waals surface area contributed by atoms with Crippen LogP contribution in [-0.2, 0) is 13.0 Å². The van der Waals surface area contributed by atoms with Crippen molar-refractivity contribution < 1.29 is 0 Å². The predicted molar refractivity (Wildman–Crippen MR) is 56.3 cm³/mol. The molecule has 0 amide bonds. The third kappa shape index (κ3) is 1.40. The molecule has 2 aromatic heterocycles. The topological polar surface area (TPSA) is 98.3 Å². The first kappa shape index (κ1) is 9.46. The summed E-state index contributed by atoms with van der Waals surface area (Å²) in [6, 6.07) is 0. The minimum atomic E-state index is 0.529. The Balaban J connectivity index is 1.97. The minimum Gasteiger partial charge on any atom is -0.330 e. The van der Waals surface area contributed by atoms with E-state index in [0.717, 1.165) is 36.7 Å². The van der Waals surface area contributed by atoms with Gasteiger partial charge in [0.1, 0.15) is 11.5 Å². The molecule has 0 aromatic carbocycles. The highest BCUT2D eigenvalue weighted by molar-refractivity contribution is 5.47. The van der Waals surface area contributed by atoms with Crippen molar-refractivity contribution in [3.05, 3.63) is 12.0 Å². The molecule has 1 aliphatic heterocycles. The molecule has 7 heteroatoms. The SMILES string of the molecule is NCC1CCn2c(nnc2-c2cn[nH]n2)C1. The number of fused-ring (bicyclic) bond motifs is 1. The van der Waals surface area contributed by atoms with Crippen molar-refractivity contribution in [2.24, 2.45) is 11.7 Å². The second kappa shape index (κ2) is 3.67. The zero-order valence-corrected chi connectivity index (χ0v) is 8.80. The summed E-state index contributed by atoms with van der Waals surface area (Å²) in [7, 11) is 0. The van der Waals surface area contributed by atoms with Crippen LogP contribution in [0.25, 0.3) is 11.5 Å². The van der Waals surface area contributed by atoms with Crippen LogP contribution in [-0.4, -0.2) is 36.7 Å². The van der Waals surface area contributed by atoms with Crippen molar-refractivity contribution in [1.82, 2.24) is 30.2 Å². The summed E-state index contributed by atoms with van der Waals surface area (Å²) in [4.78, 5) is 0. The summed E-state index contributed by atoms with van der Waals surface area (Å²) in [5.74, 6) is 2.32. The monoisotopic (exact) mass is 219 g/mol. The largest absolute Gasteiger partial charge is 0.330 e. The number of hydrogen-bond donors (Lipinski definition) is 2. The van der Waals surface area contributed by atoms with E-state index in [0.29, 0.717) is 12.5 Å². The summed E-state index contributed by atoms with van der Waals surface area (Å²) in [6.45, 7) is 1.62. The standard InChI is InChI=1S/C9H13N7/c10-4-6-1-2-16-8(3-6)13-14-9(16)7-5-11-15-12-7/h5-6H,1-4,10H2,(H,11,12,15). The lowest BCUT2D eigenvalue weighted by molar-refractivity contribution is 0.391. The third-order valence-electron chi connectivity index (χ3n) is 3.04. The van der Waals surface area contributed by atoms with E-state index in [1.165, 1.54) is 0 Å². The summed E-state index contributed by atoms with van der Waals surface area (Å²) in [5.41, 5.74) is 6.42. The molecule has 3 N–H and O–H groups in total. The Bertz CT molecular complexity index is 472. The van der Waals surface area contributed by atoms with Crippen LogP contribution in [0.2, 0.25) is 0 Å². The van der Waals surface area contributed by atoms with Gasteiger partial charge in [0.15, 0.2) is 5.82 Å². The van der Waals surface area contributed by atoms with Crippen LogP contribution in [0.3, 0.4) is 0 Å². The van der Waals surface area contributed by atoms with E-state index < -0.39 is 0 Å². The summed E-state index contributed by atoms with van der Waals surface area (Å²) < 4.78 is 2.10. The number of H-pyrrole nitrogens is 1. The molecule has 2 aromatic rings. The number of aromatic nitrogens is 6. The van der Waals surface area contributed by atoms with Crippen molar-refractivity contribution in [2.75, 3.05) is 6.54 Å². The fraction of sp³-hybridized carbons (Fsp3) is 0.556. The van der Waals surface area contributed by atoms with Crippen LogP contribution in [0, 0.1) is 5.92 Å². The van der Waals surface area contributed by atoms with Crippen LogP contribution in [0.1, 0.15) is 12.2 Å². The van der Waals surface area contributed by atoms with E-state index in [4.69, 9.17) is 5.73 Å². The van der Waals surface area contributed by atoms with Gasteiger partial charge in [-0.25, -0.2) is 0 Å². The van der Waals surface area contributed by atoms with Gasteiger partial charge in [0.25, 0.3) is 0 Å². The lowest BCUT2D eigenvalue weighted by Crippen LogP contribution is -2.25. The Labute approximate surface area is 92.1 Å². The smallest absolute Gasteiger partial charge is 0.186 e. The maximum atomic E-state index is 5.68. The van der Waals surface area contributed by atoms with Crippen LogP contribution in [0.4, 0.5) is 0 Å². The molecule has 0 saturated carbocycles. The normalized spacial score (nSPS) is 19.7. The van der Waals surface area contributed by atoms with Gasteiger partial charge in [-0.2, -0.15) is 15.4 Å². The third-order valence-corrected chi connectivity index (χ3v) is 3.04. The molecule has 0 bridgehead atoms. The molecule has 0 radical (unpaired) electrons. The highest BCUT2D eigenvalue weighted by atomic mass is 15.4. The van der Waals surface area contributed by atoms with Gasteiger partial charge in [0.05, 0.1) is 6.20 Å². The minimum absolute atomic E-state index is 0.529. The molecule has 0 saturated heterocycles. The average Bonchev–Trinajstić information content (AvgIpc) is 2.96. The maximum absolute atomic E-state index is 5.68. The molecule has 16 heavy (non-hydrogen) atoms. The molecular weight excluding hydrogens is 206 g/mol. The molecule has 0 fully saturated rings. The summed E-state index contributed by atoms with van der Waals surface area (Å²) in [5, 5.41) is 18.7. The van der Waals surface area contributed by atoms with Crippen LogP contribution < -0.4 is 5.73 Å². The van der Waals surface area contributed by atoms with E-state index in [1.54, 1.807) is 6.20 Å². The van der Waals surface area contributed by atoms with Gasteiger partial charge in [-0.1, -0.05) is 0 Å². The predicted octanol–water partition coefficient (Wildman–Crippen LogP) is -0.416. The molecule has 1 unspecified atom stereocenters. The molecule has 3 heterocycles. The zero-order chi connectivity index (χ0) is 11.0. The molecule has 7 nitrogen and oxygen atoms in total. The van der Waals surface area contributed by atoms with Crippen molar-refractivity contribution in [2.45, 2.75) is 19.4 Å². The van der Waals surface area contributed by atoms with E-state index >= 15 is 0 Å². The lowest BCUT2D eigenvalue weighted by Gasteiger charge is -2.21. The van der Waals surface area contributed by atoms with E-state index in [2.05, 4.69) is 30.2 Å². The first-order valence-corrected chi connectivity index (χ1v) is 5.36. The van der Waals surface area contributed by atoms with Gasteiger partial charge in [-0.15, -0.1) is 10.2 Å². The molecule has 0 aliphatic carbocycles. The number of nitrogens with one attached hydrogen (secondary N) is 1. The average molecular weight is 219 g/mol. The first-order chi connectivity index (χ1) is 7.88. The van der Waals surface area contributed by atoms with Gasteiger partial charge < -0.3 is 10.3 Å². The van der Waals surface area contributed by atoms with E-state index in [-0.39, 0.29) is 0 Å². The van der Waals surface area contributed by atoms with Crippen molar-refractivity contribution in [3.8, 4) is 11.5 Å². The molecule has 3 rings (SSSR count). The fourth-order valence-corrected chi connectivity index (χ4v) is 2.09. The van der Waals surface area contributed by atoms with E-state index in [9.17, 15) is 0 Å². The second-order valence-electron chi connectivity index (χ2n) is 4.04. The Morgan fingerprint density at radius 3 is 3.19 bits per heavy atom. The fourth-order valence-electron chi connectivity index (χ4n) is 2.09. The Morgan fingerprint density at radius 2 is 2.44 bits per heavy atom.